The first-order chi connectivity index (χ1) is 24.4. The lowest BCUT2D eigenvalue weighted by atomic mass is 9.91. The Kier molecular flexibility index (Phi) is 7.24. The summed E-state index contributed by atoms with van der Waals surface area (Å²) in [6, 6.07) is 35.0. The highest BCUT2D eigenvalue weighted by molar-refractivity contribution is 6.25. The number of hydrogen-bond donors (Lipinski definition) is 0. The van der Waals surface area contributed by atoms with E-state index in [1.165, 1.54) is 24.3 Å². The van der Waals surface area contributed by atoms with Gasteiger partial charge in [0.15, 0.2) is 29.0 Å². The Balaban J connectivity index is 1.54. The molecule has 0 N–H and O–H groups in total. The molecule has 0 aliphatic carbocycles. The monoisotopic (exact) mass is 657 g/mol. The average molecular weight is 658 g/mol. The van der Waals surface area contributed by atoms with Crippen molar-refractivity contribution >= 4 is 38.4 Å². The van der Waals surface area contributed by atoms with Gasteiger partial charge in [0.05, 0.1) is 45.8 Å². The van der Waals surface area contributed by atoms with E-state index in [9.17, 15) is 8.78 Å². The second-order valence-electron chi connectivity index (χ2n) is 11.4. The standard InChI is InChI=1S/C41H19F4N5/c1-47-29-20-30-41(50-39(23-14-6-3-7-15-23)38(49-30)22-12-4-2-5-13-22)31-26-18-10-11-19-28(26)48-40(33(29)31)25-17-9-8-16-24(25)32-36(44)34(42)27(21-46)35(43)37(32)45/h2-20H. The molecule has 2 heterocycles. The molecule has 2 aromatic heterocycles. The molecule has 0 saturated carbocycles. The molecule has 5 nitrogen and oxygen atoms in total. The molecule has 0 radical (unpaired) electrons. The Labute approximate surface area is 282 Å². The normalized spacial score (nSPS) is 11.2. The number of nitrogens with zero attached hydrogens (tertiary/aromatic N) is 5. The molecular formula is C41H19F4N5. The number of fused-ring (bicyclic) bond motifs is 5. The van der Waals surface area contributed by atoms with Crippen LogP contribution in [0, 0.1) is 41.2 Å². The van der Waals surface area contributed by atoms with Gasteiger partial charge >= 0.3 is 0 Å². The van der Waals surface area contributed by atoms with Gasteiger partial charge in [0.1, 0.15) is 11.6 Å². The Morgan fingerprint density at radius 3 is 1.72 bits per heavy atom. The van der Waals surface area contributed by atoms with Crippen LogP contribution in [0.2, 0.25) is 0 Å². The number of halogens is 4. The van der Waals surface area contributed by atoms with Gasteiger partial charge < -0.3 is 0 Å². The molecule has 0 fully saturated rings. The van der Waals surface area contributed by atoms with Crippen LogP contribution in [0.5, 0.6) is 0 Å². The van der Waals surface area contributed by atoms with Crippen LogP contribution in [0.1, 0.15) is 5.56 Å². The zero-order valence-corrected chi connectivity index (χ0v) is 25.7. The summed E-state index contributed by atoms with van der Waals surface area (Å²) in [6.07, 6.45) is 0. The number of hydrogen-bond acceptors (Lipinski definition) is 4. The van der Waals surface area contributed by atoms with Crippen LogP contribution < -0.4 is 0 Å². The van der Waals surface area contributed by atoms with Gasteiger partial charge in [0.25, 0.3) is 0 Å². The van der Waals surface area contributed by atoms with Gasteiger partial charge in [-0.2, -0.15) is 5.26 Å². The molecule has 0 bridgehead atoms. The third-order valence-electron chi connectivity index (χ3n) is 8.62. The zero-order valence-electron chi connectivity index (χ0n) is 25.7. The zero-order chi connectivity index (χ0) is 34.5. The van der Waals surface area contributed by atoms with Gasteiger partial charge in [-0.05, 0) is 17.7 Å². The van der Waals surface area contributed by atoms with Crippen molar-refractivity contribution in [3.8, 4) is 51.0 Å². The van der Waals surface area contributed by atoms with E-state index in [2.05, 4.69) is 4.85 Å². The van der Waals surface area contributed by atoms with Crippen LogP contribution in [0.3, 0.4) is 0 Å². The summed E-state index contributed by atoms with van der Waals surface area (Å²) >= 11 is 0. The van der Waals surface area contributed by atoms with Gasteiger partial charge in [-0.3, -0.25) is 0 Å². The van der Waals surface area contributed by atoms with Crippen molar-refractivity contribution < 1.29 is 17.6 Å². The van der Waals surface area contributed by atoms with E-state index in [1.54, 1.807) is 24.3 Å². The summed E-state index contributed by atoms with van der Waals surface area (Å²) in [4.78, 5) is 19.0. The van der Waals surface area contributed by atoms with Crippen molar-refractivity contribution in [1.29, 1.82) is 5.26 Å². The predicted molar refractivity (Wildman–Crippen MR) is 185 cm³/mol. The minimum absolute atomic E-state index is 0.103. The molecule has 236 valence electrons. The topological polar surface area (TPSA) is 66.8 Å². The second kappa shape index (κ2) is 11.9. The number of aromatic nitrogens is 3. The minimum Gasteiger partial charge on any atom is -0.248 e. The molecule has 0 unspecified atom stereocenters. The largest absolute Gasteiger partial charge is 0.248 e. The van der Waals surface area contributed by atoms with Gasteiger partial charge in [-0.1, -0.05) is 103 Å². The fraction of sp³-hybridized carbons (Fsp3) is 0. The summed E-state index contributed by atoms with van der Waals surface area (Å²) in [7, 11) is 0. The van der Waals surface area contributed by atoms with Crippen molar-refractivity contribution in [3.63, 3.8) is 0 Å². The van der Waals surface area contributed by atoms with Gasteiger partial charge in [-0.15, -0.1) is 0 Å². The molecule has 0 saturated heterocycles. The van der Waals surface area contributed by atoms with E-state index < -0.39 is 34.4 Å². The first-order valence-electron chi connectivity index (χ1n) is 15.3. The quantitative estimate of drug-likeness (QED) is 0.0818. The van der Waals surface area contributed by atoms with Crippen LogP contribution in [0.4, 0.5) is 23.2 Å². The smallest absolute Gasteiger partial charge is 0.199 e. The fourth-order valence-corrected chi connectivity index (χ4v) is 6.39. The van der Waals surface area contributed by atoms with Crippen molar-refractivity contribution in [2.24, 2.45) is 0 Å². The molecule has 8 rings (SSSR count). The molecule has 9 heteroatoms. The molecule has 6 aromatic carbocycles. The maximum atomic E-state index is 15.6. The Morgan fingerprint density at radius 2 is 1.10 bits per heavy atom. The molecule has 0 aliphatic heterocycles. The SMILES string of the molecule is [C-]#[N+]c1cc2nc(-c3ccccc3)c(-c3ccccc3)nc2c2c1c(-c1ccccc1-c1c(F)c(F)c(C#N)c(F)c1F)nc1ccccc12. The maximum Gasteiger partial charge on any atom is 0.199 e. The van der Waals surface area contributed by atoms with Crippen molar-refractivity contribution in [2.45, 2.75) is 0 Å². The van der Waals surface area contributed by atoms with E-state index in [4.69, 9.17) is 26.8 Å². The highest BCUT2D eigenvalue weighted by Gasteiger charge is 2.29. The summed E-state index contributed by atoms with van der Waals surface area (Å²) in [6.45, 7) is 8.25. The lowest BCUT2D eigenvalue weighted by molar-refractivity contribution is 0.454. The second-order valence-corrected chi connectivity index (χ2v) is 11.4. The first-order valence-corrected chi connectivity index (χ1v) is 15.3. The Bertz CT molecular complexity index is 2740. The summed E-state index contributed by atoms with van der Waals surface area (Å²) in [5.74, 6) is -7.06. The Morgan fingerprint density at radius 1 is 0.560 bits per heavy atom. The number of rotatable bonds is 4. The highest BCUT2D eigenvalue weighted by Crippen LogP contribution is 2.46. The Hall–Kier alpha value is -6.97. The van der Waals surface area contributed by atoms with Crippen LogP contribution in [0.15, 0.2) is 115 Å². The minimum atomic E-state index is -1.81. The molecule has 0 amide bonds. The molecule has 50 heavy (non-hydrogen) atoms. The number of benzene rings is 6. The van der Waals surface area contributed by atoms with Crippen LogP contribution in [-0.4, -0.2) is 15.0 Å². The summed E-state index contributed by atoms with van der Waals surface area (Å²) < 4.78 is 61.0. The van der Waals surface area contributed by atoms with Gasteiger partial charge in [-0.25, -0.2) is 37.4 Å². The number of para-hydroxylation sites is 1. The highest BCUT2D eigenvalue weighted by atomic mass is 19.2. The van der Waals surface area contributed by atoms with E-state index in [-0.39, 0.29) is 22.5 Å². The third-order valence-corrected chi connectivity index (χ3v) is 8.62. The van der Waals surface area contributed by atoms with Crippen LogP contribution >= 0.6 is 0 Å². The lowest BCUT2D eigenvalue weighted by Gasteiger charge is -2.18. The summed E-state index contributed by atoms with van der Waals surface area (Å²) in [5.41, 5.74) is 2.00. The predicted octanol–water partition coefficient (Wildman–Crippen LogP) is 11.0. The molecule has 0 aliphatic rings. The van der Waals surface area contributed by atoms with Crippen molar-refractivity contribution in [1.82, 2.24) is 15.0 Å². The maximum absolute atomic E-state index is 15.6. The average Bonchev–Trinajstić information content (AvgIpc) is 3.17. The number of nitriles is 1. The molecule has 0 atom stereocenters. The first kappa shape index (κ1) is 30.4. The van der Waals surface area contributed by atoms with Gasteiger partial charge in [0, 0.05) is 32.8 Å². The lowest BCUT2D eigenvalue weighted by Crippen LogP contribution is -2.05. The summed E-state index contributed by atoms with van der Waals surface area (Å²) in [5, 5.41) is 10.6. The van der Waals surface area contributed by atoms with Crippen molar-refractivity contribution in [2.75, 3.05) is 0 Å². The third kappa shape index (κ3) is 4.64. The van der Waals surface area contributed by atoms with E-state index in [0.29, 0.717) is 44.1 Å². The van der Waals surface area contributed by atoms with E-state index in [0.717, 1.165) is 11.1 Å². The molecule has 0 spiro atoms. The van der Waals surface area contributed by atoms with Crippen molar-refractivity contribution in [3.05, 3.63) is 156 Å². The molecular weight excluding hydrogens is 638 g/mol. The van der Waals surface area contributed by atoms with E-state index in [1.807, 2.05) is 72.8 Å². The van der Waals surface area contributed by atoms with Crippen LogP contribution in [0.25, 0.3) is 82.5 Å². The molecule has 8 aromatic rings. The fourth-order valence-electron chi connectivity index (χ4n) is 6.39. The van der Waals surface area contributed by atoms with Crippen LogP contribution in [-0.2, 0) is 0 Å². The van der Waals surface area contributed by atoms with E-state index >= 15 is 8.78 Å². The van der Waals surface area contributed by atoms with Gasteiger partial charge in [0.2, 0.25) is 0 Å². The number of pyridine rings is 1.